The largest absolute Gasteiger partial charge is 0.349 e. The van der Waals surface area contributed by atoms with Crippen molar-refractivity contribution in [2.75, 3.05) is 18.0 Å². The monoisotopic (exact) mass is 595 g/mol. The van der Waals surface area contributed by atoms with Crippen LogP contribution in [0, 0.1) is 5.92 Å². The summed E-state index contributed by atoms with van der Waals surface area (Å²) in [5.74, 6) is 0.0268. The van der Waals surface area contributed by atoms with Crippen LogP contribution in [0.1, 0.15) is 48.2 Å². The van der Waals surface area contributed by atoms with E-state index < -0.39 is 18.0 Å². The fourth-order valence-electron chi connectivity index (χ4n) is 5.81. The number of alkyl halides is 2. The van der Waals surface area contributed by atoms with Gasteiger partial charge in [0.05, 0.1) is 33.5 Å². The summed E-state index contributed by atoms with van der Waals surface area (Å²) >= 11 is 5.90. The van der Waals surface area contributed by atoms with E-state index in [-0.39, 0.29) is 34.3 Å². The van der Waals surface area contributed by atoms with Gasteiger partial charge in [0.15, 0.2) is 0 Å². The number of aromatic nitrogens is 4. The van der Waals surface area contributed by atoms with E-state index in [9.17, 15) is 23.2 Å². The number of rotatable bonds is 7. The molecule has 4 heterocycles. The molecule has 0 bridgehead atoms. The first-order valence-corrected chi connectivity index (χ1v) is 14.1. The van der Waals surface area contributed by atoms with Crippen LogP contribution in [0.25, 0.3) is 16.9 Å². The quantitative estimate of drug-likeness (QED) is 0.322. The van der Waals surface area contributed by atoms with Crippen LogP contribution in [0.5, 0.6) is 0 Å². The van der Waals surface area contributed by atoms with Gasteiger partial charge >= 0.3 is 11.7 Å². The van der Waals surface area contributed by atoms with Crippen molar-refractivity contribution in [2.24, 2.45) is 5.92 Å². The van der Waals surface area contributed by atoms with Crippen molar-refractivity contribution in [2.45, 2.75) is 44.7 Å². The SMILES string of the molecule is O=C(NC1CCC(Cn2c(=O)n(-c3ccc(N4CCNC4=O)cn3)c3ccccc32)CC1)c1cc(Cl)cnc1C(F)F. The van der Waals surface area contributed by atoms with Gasteiger partial charge in [-0.15, -0.1) is 0 Å². The third-order valence-corrected chi connectivity index (χ3v) is 8.13. The second-order valence-corrected chi connectivity index (χ2v) is 11.0. The van der Waals surface area contributed by atoms with Crippen molar-refractivity contribution >= 4 is 40.3 Å². The second-order valence-electron chi connectivity index (χ2n) is 10.6. The third-order valence-electron chi connectivity index (χ3n) is 7.92. The number of nitrogens with zero attached hydrogens (tertiary/aromatic N) is 5. The fourth-order valence-corrected chi connectivity index (χ4v) is 5.97. The molecule has 2 N–H and O–H groups in total. The maximum atomic E-state index is 13.7. The first-order chi connectivity index (χ1) is 20.3. The average molecular weight is 596 g/mol. The predicted octanol–water partition coefficient (Wildman–Crippen LogP) is 4.69. The zero-order chi connectivity index (χ0) is 29.4. The molecule has 1 saturated heterocycles. The Morgan fingerprint density at radius 1 is 1.05 bits per heavy atom. The van der Waals surface area contributed by atoms with Crippen LogP contribution in [-0.2, 0) is 6.54 Å². The molecule has 1 aromatic carbocycles. The lowest BCUT2D eigenvalue weighted by Gasteiger charge is -2.29. The molecule has 1 saturated carbocycles. The first-order valence-electron chi connectivity index (χ1n) is 13.8. The summed E-state index contributed by atoms with van der Waals surface area (Å²) in [7, 11) is 0. The molecule has 1 aliphatic heterocycles. The number of anilines is 1. The molecular formula is C29H28ClF2N7O3. The van der Waals surface area contributed by atoms with E-state index in [2.05, 4.69) is 20.6 Å². The van der Waals surface area contributed by atoms with Gasteiger partial charge in [0.2, 0.25) is 0 Å². The zero-order valence-electron chi connectivity index (χ0n) is 22.5. The van der Waals surface area contributed by atoms with Crippen LogP contribution in [0.3, 0.4) is 0 Å². The van der Waals surface area contributed by atoms with Gasteiger partial charge in [-0.1, -0.05) is 23.7 Å². The van der Waals surface area contributed by atoms with E-state index in [1.54, 1.807) is 32.4 Å². The second kappa shape index (κ2) is 11.5. The Labute approximate surface area is 244 Å². The molecule has 4 aromatic rings. The number of carbonyl (C=O) groups is 2. The summed E-state index contributed by atoms with van der Waals surface area (Å²) in [4.78, 5) is 48.3. The first kappa shape index (κ1) is 27.8. The minimum absolute atomic E-state index is 0.114. The van der Waals surface area contributed by atoms with Crippen molar-refractivity contribution < 1.29 is 18.4 Å². The summed E-state index contributed by atoms with van der Waals surface area (Å²) in [6.45, 7) is 1.62. The van der Waals surface area contributed by atoms with E-state index in [0.717, 1.165) is 30.1 Å². The molecule has 218 valence electrons. The lowest BCUT2D eigenvalue weighted by Crippen LogP contribution is -2.39. The molecule has 10 nitrogen and oxygen atoms in total. The van der Waals surface area contributed by atoms with Gasteiger partial charge in [0.25, 0.3) is 12.3 Å². The van der Waals surface area contributed by atoms with Gasteiger partial charge in [-0.3, -0.25) is 19.2 Å². The summed E-state index contributed by atoms with van der Waals surface area (Å²) in [6.07, 6.45) is 2.60. The lowest BCUT2D eigenvalue weighted by atomic mass is 9.85. The lowest BCUT2D eigenvalue weighted by molar-refractivity contribution is 0.0904. The van der Waals surface area contributed by atoms with Gasteiger partial charge in [-0.05, 0) is 61.9 Å². The smallest absolute Gasteiger partial charge is 0.334 e. The zero-order valence-corrected chi connectivity index (χ0v) is 23.2. The van der Waals surface area contributed by atoms with Crippen LogP contribution in [0.4, 0.5) is 19.3 Å². The highest BCUT2D eigenvalue weighted by atomic mass is 35.5. The fraction of sp³-hybridized carbons (Fsp3) is 0.345. The Morgan fingerprint density at radius 3 is 2.48 bits per heavy atom. The number of hydrogen-bond donors (Lipinski definition) is 2. The summed E-state index contributed by atoms with van der Waals surface area (Å²) in [6, 6.07) is 11.9. The van der Waals surface area contributed by atoms with Crippen LogP contribution in [0.15, 0.2) is 59.7 Å². The molecule has 1 aliphatic carbocycles. The van der Waals surface area contributed by atoms with Gasteiger partial charge in [-0.2, -0.15) is 0 Å². The molecule has 3 aromatic heterocycles. The molecule has 0 spiro atoms. The topological polar surface area (TPSA) is 114 Å². The van der Waals surface area contributed by atoms with E-state index >= 15 is 0 Å². The highest BCUT2D eigenvalue weighted by Crippen LogP contribution is 2.29. The standard InChI is InChI=1S/C29H28ClF2N7O3/c30-18-13-21(25(26(31)32)35-14-18)27(40)36-19-7-5-17(6-8-19)16-38-22-3-1-2-4-23(22)39(29(38)42)24-10-9-20(15-34-24)37-12-11-33-28(37)41/h1-4,9-10,13-15,17,19,26H,5-8,11-12,16H2,(H,33,41)(H,36,40). The van der Waals surface area contributed by atoms with Gasteiger partial charge in [0.1, 0.15) is 11.5 Å². The molecule has 13 heteroatoms. The Hall–Kier alpha value is -4.32. The molecule has 2 fully saturated rings. The van der Waals surface area contributed by atoms with E-state index in [4.69, 9.17) is 11.6 Å². The Kier molecular flexibility index (Phi) is 7.63. The van der Waals surface area contributed by atoms with Crippen molar-refractivity contribution in [1.82, 2.24) is 29.7 Å². The molecular weight excluding hydrogens is 568 g/mol. The number of para-hydroxylation sites is 2. The molecule has 3 amide bonds. The maximum absolute atomic E-state index is 13.7. The number of halogens is 3. The Morgan fingerprint density at radius 2 is 1.81 bits per heavy atom. The number of hydrogen-bond acceptors (Lipinski definition) is 5. The molecule has 42 heavy (non-hydrogen) atoms. The molecule has 2 aliphatic rings. The van der Waals surface area contributed by atoms with E-state index in [0.29, 0.717) is 44.0 Å². The number of imidazole rings is 1. The Balaban J connectivity index is 1.16. The number of amides is 3. The van der Waals surface area contributed by atoms with Crippen molar-refractivity contribution in [3.05, 3.63) is 81.6 Å². The van der Waals surface area contributed by atoms with Gasteiger partial charge in [0, 0.05) is 31.9 Å². The summed E-state index contributed by atoms with van der Waals surface area (Å²) < 4.78 is 30.1. The number of carbonyl (C=O) groups excluding carboxylic acids is 2. The Bertz CT molecular complexity index is 1700. The van der Waals surface area contributed by atoms with Gasteiger partial charge < -0.3 is 10.6 Å². The summed E-state index contributed by atoms with van der Waals surface area (Å²) in [5, 5.41) is 5.73. The van der Waals surface area contributed by atoms with Gasteiger partial charge in [-0.25, -0.2) is 27.9 Å². The number of pyridine rings is 2. The van der Waals surface area contributed by atoms with Crippen LogP contribution in [-0.4, -0.2) is 50.2 Å². The van der Waals surface area contributed by atoms with Crippen LogP contribution >= 0.6 is 11.6 Å². The van der Waals surface area contributed by atoms with Crippen LogP contribution < -0.4 is 21.2 Å². The molecule has 6 rings (SSSR count). The third kappa shape index (κ3) is 5.34. The minimum Gasteiger partial charge on any atom is -0.349 e. The predicted molar refractivity (Wildman–Crippen MR) is 153 cm³/mol. The van der Waals surface area contributed by atoms with E-state index in [1.807, 2.05) is 24.3 Å². The van der Waals surface area contributed by atoms with Crippen molar-refractivity contribution in [3.8, 4) is 5.82 Å². The van der Waals surface area contributed by atoms with Crippen molar-refractivity contribution in [3.63, 3.8) is 0 Å². The summed E-state index contributed by atoms with van der Waals surface area (Å²) in [5.41, 5.74) is 1.16. The number of fused-ring (bicyclic) bond motifs is 1. The number of benzene rings is 1. The van der Waals surface area contributed by atoms with Crippen LogP contribution in [0.2, 0.25) is 5.02 Å². The molecule has 0 radical (unpaired) electrons. The molecule has 0 atom stereocenters. The molecule has 0 unspecified atom stereocenters. The highest BCUT2D eigenvalue weighted by Gasteiger charge is 2.28. The average Bonchev–Trinajstić information content (AvgIpc) is 3.54. The minimum atomic E-state index is -2.89. The van der Waals surface area contributed by atoms with E-state index in [1.165, 1.54) is 6.07 Å². The van der Waals surface area contributed by atoms with Crippen molar-refractivity contribution in [1.29, 1.82) is 0 Å². The number of nitrogens with one attached hydrogen (secondary N) is 2. The number of urea groups is 1. The maximum Gasteiger partial charge on any atom is 0.334 e. The normalized spacial score (nSPS) is 19.0. The highest BCUT2D eigenvalue weighted by molar-refractivity contribution is 6.30.